The van der Waals surface area contributed by atoms with Gasteiger partial charge in [0, 0.05) is 12.6 Å². The van der Waals surface area contributed by atoms with Gasteiger partial charge in [0.25, 0.3) is 15.9 Å². The van der Waals surface area contributed by atoms with Gasteiger partial charge in [-0.25, -0.2) is 8.42 Å². The van der Waals surface area contributed by atoms with Gasteiger partial charge in [0.15, 0.2) is 0 Å². The van der Waals surface area contributed by atoms with Crippen LogP contribution < -0.4 is 14.4 Å². The van der Waals surface area contributed by atoms with E-state index in [1.165, 1.54) is 23.5 Å². The zero-order chi connectivity index (χ0) is 22.4. The van der Waals surface area contributed by atoms with Crippen molar-refractivity contribution in [2.75, 3.05) is 18.5 Å². The lowest BCUT2D eigenvalue weighted by atomic mass is 10.0. The van der Waals surface area contributed by atoms with Gasteiger partial charge < -0.3 is 10.1 Å². The van der Waals surface area contributed by atoms with Crippen molar-refractivity contribution >= 4 is 21.6 Å². The largest absolute Gasteiger partial charge is 0.497 e. The monoisotopic (exact) mass is 438 g/mol. The van der Waals surface area contributed by atoms with Gasteiger partial charge in [0.05, 0.1) is 23.7 Å². The van der Waals surface area contributed by atoms with E-state index < -0.39 is 10.0 Å². The molecular formula is C24H26N2O4S. The van der Waals surface area contributed by atoms with Crippen molar-refractivity contribution in [1.82, 2.24) is 5.32 Å². The first-order chi connectivity index (χ1) is 14.9. The highest BCUT2D eigenvalue weighted by molar-refractivity contribution is 7.92. The van der Waals surface area contributed by atoms with Crippen LogP contribution in [0.4, 0.5) is 5.69 Å². The van der Waals surface area contributed by atoms with Crippen LogP contribution in [-0.4, -0.2) is 28.5 Å². The van der Waals surface area contributed by atoms with Gasteiger partial charge in [-0.2, -0.15) is 0 Å². The van der Waals surface area contributed by atoms with Crippen LogP contribution in [-0.2, 0) is 10.0 Å². The molecule has 31 heavy (non-hydrogen) atoms. The highest BCUT2D eigenvalue weighted by atomic mass is 32.2. The number of ether oxygens (including phenoxy) is 1. The fourth-order valence-electron chi connectivity index (χ4n) is 3.23. The zero-order valence-corrected chi connectivity index (χ0v) is 18.6. The van der Waals surface area contributed by atoms with Gasteiger partial charge >= 0.3 is 0 Å². The van der Waals surface area contributed by atoms with Crippen molar-refractivity contribution in [1.29, 1.82) is 0 Å². The normalized spacial score (nSPS) is 12.1. The maximum absolute atomic E-state index is 13.1. The fourth-order valence-corrected chi connectivity index (χ4v) is 4.47. The molecule has 0 aliphatic rings. The van der Waals surface area contributed by atoms with Crippen LogP contribution in [0.25, 0.3) is 0 Å². The van der Waals surface area contributed by atoms with Crippen molar-refractivity contribution in [3.05, 3.63) is 90.0 Å². The Morgan fingerprint density at radius 2 is 1.68 bits per heavy atom. The lowest BCUT2D eigenvalue weighted by Gasteiger charge is -2.20. The molecule has 1 amide bonds. The first-order valence-electron chi connectivity index (χ1n) is 9.95. The minimum atomic E-state index is -3.80. The van der Waals surface area contributed by atoms with Gasteiger partial charge in [0.2, 0.25) is 0 Å². The van der Waals surface area contributed by atoms with Crippen LogP contribution in [0.15, 0.2) is 83.8 Å². The number of anilines is 1. The molecule has 0 radical (unpaired) electrons. The minimum absolute atomic E-state index is 0.0593. The molecule has 0 heterocycles. The second-order valence-electron chi connectivity index (χ2n) is 7.04. The Morgan fingerprint density at radius 1 is 1.00 bits per heavy atom. The van der Waals surface area contributed by atoms with Crippen molar-refractivity contribution in [2.45, 2.75) is 24.3 Å². The van der Waals surface area contributed by atoms with Crippen molar-refractivity contribution in [2.24, 2.45) is 0 Å². The highest BCUT2D eigenvalue weighted by Gasteiger charge is 2.23. The molecule has 7 heteroatoms. The number of para-hydroxylation sites is 1. The maximum atomic E-state index is 13.1. The van der Waals surface area contributed by atoms with E-state index in [4.69, 9.17) is 4.74 Å². The van der Waals surface area contributed by atoms with Crippen LogP contribution in [0, 0.1) is 0 Å². The van der Waals surface area contributed by atoms with Gasteiger partial charge in [0.1, 0.15) is 5.75 Å². The molecule has 6 nitrogen and oxygen atoms in total. The Morgan fingerprint density at radius 3 is 2.29 bits per heavy atom. The molecule has 0 saturated carbocycles. The maximum Gasteiger partial charge on any atom is 0.264 e. The molecular weight excluding hydrogens is 412 g/mol. The number of hydrogen-bond acceptors (Lipinski definition) is 4. The standard InChI is InChI=1S/C24H26N2O4S/c1-4-23(18-13-15-21(30-3)16-14-18)25-24(27)19-9-8-12-22(17-19)31(28,29)26(2)20-10-6-5-7-11-20/h5-17,23H,4H2,1-3H3,(H,25,27)/t23-/m1/s1. The molecule has 0 unspecified atom stereocenters. The molecule has 0 saturated heterocycles. The second-order valence-corrected chi connectivity index (χ2v) is 9.01. The van der Waals surface area contributed by atoms with Gasteiger partial charge in [-0.05, 0) is 54.4 Å². The molecule has 3 rings (SSSR count). The number of carbonyl (C=O) groups excluding carboxylic acids is 1. The molecule has 0 spiro atoms. The number of rotatable bonds is 8. The Balaban J connectivity index is 1.82. The van der Waals surface area contributed by atoms with Crippen molar-refractivity contribution in [3.63, 3.8) is 0 Å². The number of amides is 1. The summed E-state index contributed by atoms with van der Waals surface area (Å²) >= 11 is 0. The summed E-state index contributed by atoms with van der Waals surface area (Å²) in [5.74, 6) is 0.410. The van der Waals surface area contributed by atoms with Crippen molar-refractivity contribution < 1.29 is 17.9 Å². The molecule has 1 N–H and O–H groups in total. The summed E-state index contributed by atoms with van der Waals surface area (Å²) in [5.41, 5.74) is 1.78. The Kier molecular flexibility index (Phi) is 6.97. The third-order valence-electron chi connectivity index (χ3n) is 5.11. The molecule has 0 bridgehead atoms. The van der Waals surface area contributed by atoms with E-state index >= 15 is 0 Å². The third kappa shape index (κ3) is 5.06. The van der Waals surface area contributed by atoms with Crippen LogP contribution in [0.2, 0.25) is 0 Å². The summed E-state index contributed by atoms with van der Waals surface area (Å²) in [6.45, 7) is 1.98. The van der Waals surface area contributed by atoms with Crippen molar-refractivity contribution in [3.8, 4) is 5.75 Å². The van der Waals surface area contributed by atoms with Crippen LogP contribution in [0.1, 0.15) is 35.3 Å². The van der Waals surface area contributed by atoms with E-state index in [9.17, 15) is 13.2 Å². The number of hydrogen-bond donors (Lipinski definition) is 1. The van der Waals surface area contributed by atoms with E-state index in [-0.39, 0.29) is 22.4 Å². The molecule has 3 aromatic rings. The summed E-state index contributed by atoms with van der Waals surface area (Å²) < 4.78 is 32.5. The van der Waals surface area contributed by atoms with Crippen LogP contribution in [0.3, 0.4) is 0 Å². The van der Waals surface area contributed by atoms with E-state index in [0.29, 0.717) is 12.1 Å². The number of carbonyl (C=O) groups is 1. The van der Waals surface area contributed by atoms with E-state index in [1.54, 1.807) is 43.5 Å². The number of methoxy groups -OCH3 is 1. The van der Waals surface area contributed by atoms with E-state index in [0.717, 1.165) is 11.3 Å². The lowest BCUT2D eigenvalue weighted by Crippen LogP contribution is -2.29. The predicted molar refractivity (Wildman–Crippen MR) is 122 cm³/mol. The number of sulfonamides is 1. The van der Waals surface area contributed by atoms with Gasteiger partial charge in [-0.15, -0.1) is 0 Å². The second kappa shape index (κ2) is 9.66. The van der Waals surface area contributed by atoms with E-state index in [2.05, 4.69) is 5.32 Å². The molecule has 0 aromatic heterocycles. The Labute approximate surface area is 183 Å². The lowest BCUT2D eigenvalue weighted by molar-refractivity contribution is 0.0935. The first-order valence-corrected chi connectivity index (χ1v) is 11.4. The average molecular weight is 439 g/mol. The molecule has 0 aliphatic heterocycles. The number of nitrogens with zero attached hydrogens (tertiary/aromatic N) is 1. The average Bonchev–Trinajstić information content (AvgIpc) is 2.82. The van der Waals surface area contributed by atoms with E-state index in [1.807, 2.05) is 37.3 Å². The van der Waals surface area contributed by atoms with Crippen LogP contribution in [0.5, 0.6) is 5.75 Å². The fraction of sp³-hybridized carbons (Fsp3) is 0.208. The Hall–Kier alpha value is -3.32. The molecule has 0 fully saturated rings. The summed E-state index contributed by atoms with van der Waals surface area (Å²) in [5, 5.41) is 2.99. The van der Waals surface area contributed by atoms with Gasteiger partial charge in [-0.3, -0.25) is 9.10 Å². The summed E-state index contributed by atoms with van der Waals surface area (Å²) in [4.78, 5) is 12.9. The molecule has 0 aliphatic carbocycles. The molecule has 3 aromatic carbocycles. The highest BCUT2D eigenvalue weighted by Crippen LogP contribution is 2.24. The first kappa shape index (κ1) is 22.4. The quantitative estimate of drug-likeness (QED) is 0.566. The van der Waals surface area contributed by atoms with Gasteiger partial charge in [-0.1, -0.05) is 43.3 Å². The molecule has 162 valence electrons. The Bertz CT molecular complexity index is 1130. The third-order valence-corrected chi connectivity index (χ3v) is 6.89. The van der Waals surface area contributed by atoms with Crippen LogP contribution >= 0.6 is 0 Å². The zero-order valence-electron chi connectivity index (χ0n) is 17.8. The summed E-state index contributed by atoms with van der Waals surface area (Å²) in [6.07, 6.45) is 0.687. The SMILES string of the molecule is CC[C@@H](NC(=O)c1cccc(S(=O)(=O)N(C)c2ccccc2)c1)c1ccc(OC)cc1. The number of benzene rings is 3. The smallest absolute Gasteiger partial charge is 0.264 e. The summed E-state index contributed by atoms with van der Waals surface area (Å²) in [7, 11) is -0.707. The molecule has 1 atom stereocenters. The predicted octanol–water partition coefficient (Wildman–Crippen LogP) is 4.40. The topological polar surface area (TPSA) is 75.7 Å². The minimum Gasteiger partial charge on any atom is -0.497 e. The summed E-state index contributed by atoms with van der Waals surface area (Å²) in [6, 6.07) is 22.2. The number of nitrogens with one attached hydrogen (secondary N) is 1.